The van der Waals surface area contributed by atoms with Gasteiger partial charge in [-0.1, -0.05) is 12.1 Å². The molecule has 1 aromatic carbocycles. The summed E-state index contributed by atoms with van der Waals surface area (Å²) < 4.78 is 10.8. The lowest BCUT2D eigenvalue weighted by Gasteiger charge is -2.13. The second-order valence-corrected chi connectivity index (χ2v) is 7.25. The van der Waals surface area contributed by atoms with E-state index in [1.54, 1.807) is 17.5 Å². The van der Waals surface area contributed by atoms with E-state index >= 15 is 0 Å². The van der Waals surface area contributed by atoms with E-state index < -0.39 is 0 Å². The lowest BCUT2D eigenvalue weighted by molar-refractivity contribution is 0.174. The van der Waals surface area contributed by atoms with Gasteiger partial charge in [0.2, 0.25) is 6.79 Å². The first kappa shape index (κ1) is 17.5. The fraction of sp³-hybridized carbons (Fsp3) is 0.200. The van der Waals surface area contributed by atoms with Gasteiger partial charge in [0.1, 0.15) is 0 Å². The molecule has 4 rings (SSSR count). The molecule has 3 N–H and O–H groups in total. The topological polar surface area (TPSA) is 81.8 Å². The first-order valence-corrected chi connectivity index (χ1v) is 9.46. The van der Waals surface area contributed by atoms with Crippen molar-refractivity contribution >= 4 is 23.4 Å². The van der Waals surface area contributed by atoms with E-state index in [9.17, 15) is 0 Å². The zero-order valence-electron chi connectivity index (χ0n) is 14.9. The molecule has 138 valence electrons. The van der Waals surface area contributed by atoms with Crippen LogP contribution < -0.4 is 20.5 Å². The molecule has 1 aliphatic heterocycles. The number of hydrogen-bond donors (Lipinski definition) is 2. The van der Waals surface area contributed by atoms with Gasteiger partial charge in [0, 0.05) is 40.3 Å². The number of nitrogens with two attached hydrogens (primary N) is 1. The Morgan fingerprint density at radius 3 is 3.00 bits per heavy atom. The van der Waals surface area contributed by atoms with Crippen molar-refractivity contribution in [2.45, 2.75) is 19.5 Å². The standard InChI is InChI=1S/C20H20N4O2S/c1-13(23-9-14-4-5-17-18(7-14)26-12-25-17)20-16(24-11-21)8-19(27-20)15-3-2-6-22-10-15/h2-8,10-11,13,23H,9,12H2,1H3,(H2,21,24). The first-order valence-electron chi connectivity index (χ1n) is 8.65. The molecular weight excluding hydrogens is 360 g/mol. The molecule has 0 amide bonds. The molecule has 1 unspecified atom stereocenters. The number of rotatable bonds is 6. The van der Waals surface area contributed by atoms with Crippen LogP contribution in [-0.4, -0.2) is 18.1 Å². The quantitative estimate of drug-likeness (QED) is 0.499. The van der Waals surface area contributed by atoms with Gasteiger partial charge < -0.3 is 20.5 Å². The van der Waals surface area contributed by atoms with Gasteiger partial charge in [-0.3, -0.25) is 4.98 Å². The second-order valence-electron chi connectivity index (χ2n) is 6.17. The first-order chi connectivity index (χ1) is 13.2. The van der Waals surface area contributed by atoms with Crippen molar-refractivity contribution < 1.29 is 9.47 Å². The maximum atomic E-state index is 5.55. The fourth-order valence-corrected chi connectivity index (χ4v) is 4.07. The molecule has 3 aromatic rings. The average Bonchev–Trinajstić information content (AvgIpc) is 3.34. The Morgan fingerprint density at radius 1 is 1.30 bits per heavy atom. The van der Waals surface area contributed by atoms with Crippen molar-refractivity contribution in [2.75, 3.05) is 6.79 Å². The smallest absolute Gasteiger partial charge is 0.231 e. The number of thiophene rings is 1. The van der Waals surface area contributed by atoms with E-state index in [-0.39, 0.29) is 12.8 Å². The van der Waals surface area contributed by atoms with E-state index in [0.717, 1.165) is 38.1 Å². The number of aliphatic imine (C=N–C) groups is 1. The van der Waals surface area contributed by atoms with Gasteiger partial charge in [-0.2, -0.15) is 0 Å². The summed E-state index contributed by atoms with van der Waals surface area (Å²) in [7, 11) is 0. The van der Waals surface area contributed by atoms with Crippen molar-refractivity contribution in [1.82, 2.24) is 10.3 Å². The molecule has 27 heavy (non-hydrogen) atoms. The predicted octanol–water partition coefficient (Wildman–Crippen LogP) is 4.01. The third-order valence-corrected chi connectivity index (χ3v) is 5.70. The summed E-state index contributed by atoms with van der Waals surface area (Å²) in [5, 5.41) is 3.55. The summed E-state index contributed by atoms with van der Waals surface area (Å²) in [5.41, 5.74) is 8.64. The number of fused-ring (bicyclic) bond motifs is 1. The summed E-state index contributed by atoms with van der Waals surface area (Å²) in [6.45, 7) is 3.13. The number of benzene rings is 1. The lowest BCUT2D eigenvalue weighted by atomic mass is 10.1. The Morgan fingerprint density at radius 2 is 2.19 bits per heavy atom. The minimum Gasteiger partial charge on any atom is -0.454 e. The number of nitrogens with zero attached hydrogens (tertiary/aromatic N) is 2. The third kappa shape index (κ3) is 3.79. The summed E-state index contributed by atoms with van der Waals surface area (Å²) in [4.78, 5) is 10.8. The van der Waals surface area contributed by atoms with E-state index in [2.05, 4.69) is 28.3 Å². The maximum Gasteiger partial charge on any atom is 0.231 e. The van der Waals surface area contributed by atoms with E-state index in [1.807, 2.05) is 36.5 Å². The van der Waals surface area contributed by atoms with Gasteiger partial charge in [-0.25, -0.2) is 4.99 Å². The number of nitrogens with one attached hydrogen (secondary N) is 1. The highest BCUT2D eigenvalue weighted by Gasteiger charge is 2.17. The molecule has 0 spiro atoms. The molecule has 1 atom stereocenters. The lowest BCUT2D eigenvalue weighted by Crippen LogP contribution is -2.17. The van der Waals surface area contributed by atoms with Crippen molar-refractivity contribution in [3.63, 3.8) is 0 Å². The third-order valence-electron chi connectivity index (χ3n) is 4.34. The Balaban J connectivity index is 1.52. The van der Waals surface area contributed by atoms with E-state index in [0.29, 0.717) is 6.54 Å². The zero-order chi connectivity index (χ0) is 18.6. The highest BCUT2D eigenvalue weighted by atomic mass is 32.1. The molecule has 0 aliphatic carbocycles. The minimum atomic E-state index is 0.115. The molecule has 0 bridgehead atoms. The molecule has 7 heteroatoms. The Labute approximate surface area is 161 Å². The van der Waals surface area contributed by atoms with E-state index in [1.165, 1.54) is 6.34 Å². The molecule has 0 saturated heterocycles. The Hall–Kier alpha value is -2.90. The zero-order valence-corrected chi connectivity index (χ0v) is 15.7. The largest absolute Gasteiger partial charge is 0.454 e. The molecule has 1 aliphatic rings. The monoisotopic (exact) mass is 380 g/mol. The SMILES string of the molecule is CC(NCc1ccc2c(c1)OCO2)c1sc(-c2cccnc2)cc1N=CN. The number of aromatic nitrogens is 1. The second kappa shape index (κ2) is 7.77. The summed E-state index contributed by atoms with van der Waals surface area (Å²) in [6, 6.07) is 12.1. The van der Waals surface area contributed by atoms with Crippen LogP contribution >= 0.6 is 11.3 Å². The Bertz CT molecular complexity index is 956. The molecule has 2 aromatic heterocycles. The summed E-state index contributed by atoms with van der Waals surface area (Å²) in [5.74, 6) is 1.59. The van der Waals surface area contributed by atoms with Crippen LogP contribution in [0.4, 0.5) is 5.69 Å². The van der Waals surface area contributed by atoms with Crippen LogP contribution in [0.15, 0.2) is 53.8 Å². The van der Waals surface area contributed by atoms with Crippen LogP contribution in [0.2, 0.25) is 0 Å². The van der Waals surface area contributed by atoms with Crippen LogP contribution in [0, 0.1) is 0 Å². The van der Waals surface area contributed by atoms with Crippen LogP contribution in [0.25, 0.3) is 10.4 Å². The molecular formula is C20H20N4O2S. The number of ether oxygens (including phenoxy) is 2. The minimum absolute atomic E-state index is 0.115. The summed E-state index contributed by atoms with van der Waals surface area (Å²) in [6.07, 6.45) is 4.96. The number of hydrogen-bond acceptors (Lipinski definition) is 6. The number of pyridine rings is 1. The highest BCUT2D eigenvalue weighted by Crippen LogP contribution is 2.40. The predicted molar refractivity (Wildman–Crippen MR) is 108 cm³/mol. The molecule has 6 nitrogen and oxygen atoms in total. The van der Waals surface area contributed by atoms with Crippen molar-refractivity contribution in [1.29, 1.82) is 0 Å². The average molecular weight is 380 g/mol. The molecule has 0 saturated carbocycles. The van der Waals surface area contributed by atoms with Crippen LogP contribution in [0.3, 0.4) is 0 Å². The summed E-state index contributed by atoms with van der Waals surface area (Å²) >= 11 is 1.70. The van der Waals surface area contributed by atoms with Crippen molar-refractivity contribution in [2.24, 2.45) is 10.7 Å². The van der Waals surface area contributed by atoms with Gasteiger partial charge in [0.05, 0.1) is 12.0 Å². The van der Waals surface area contributed by atoms with Gasteiger partial charge in [0.25, 0.3) is 0 Å². The maximum absolute atomic E-state index is 5.55. The molecule has 0 radical (unpaired) electrons. The fourth-order valence-electron chi connectivity index (χ4n) is 2.95. The molecule has 3 heterocycles. The molecule has 0 fully saturated rings. The normalized spacial score (nSPS) is 14.0. The Kier molecular flexibility index (Phi) is 5.04. The van der Waals surface area contributed by atoms with Crippen LogP contribution in [0.5, 0.6) is 11.5 Å². The van der Waals surface area contributed by atoms with Gasteiger partial charge in [-0.15, -0.1) is 11.3 Å². The van der Waals surface area contributed by atoms with Crippen LogP contribution in [0.1, 0.15) is 23.4 Å². The van der Waals surface area contributed by atoms with Gasteiger partial charge in [-0.05, 0) is 36.8 Å². The van der Waals surface area contributed by atoms with Gasteiger partial charge in [0.15, 0.2) is 11.5 Å². The van der Waals surface area contributed by atoms with Crippen LogP contribution in [-0.2, 0) is 6.54 Å². The van der Waals surface area contributed by atoms with Crippen molar-refractivity contribution in [3.8, 4) is 21.9 Å². The van der Waals surface area contributed by atoms with Crippen molar-refractivity contribution in [3.05, 3.63) is 59.2 Å². The highest BCUT2D eigenvalue weighted by molar-refractivity contribution is 7.16. The van der Waals surface area contributed by atoms with Gasteiger partial charge >= 0.3 is 0 Å². The van der Waals surface area contributed by atoms with E-state index in [4.69, 9.17) is 15.2 Å².